The van der Waals surface area contributed by atoms with E-state index in [2.05, 4.69) is 17.2 Å². The zero-order valence-corrected chi connectivity index (χ0v) is 17.3. The van der Waals surface area contributed by atoms with Crippen molar-refractivity contribution in [2.24, 2.45) is 0 Å². The Labute approximate surface area is 184 Å². The standard InChI is InChI=1S/C24H21N3O5/c1-3-14-25-24(29)21(26-23(28)18-6-4-16(2)5-7-18)15-20-12-13-22(32-20)17-8-10-19(11-9-17)27(30)31/h3-13,15H,1,14H2,2H3,(H,25,29)(H,26,28). The highest BCUT2D eigenvalue weighted by Gasteiger charge is 2.15. The fraction of sp³-hybridized carbons (Fsp3) is 0.0833. The third-order valence-corrected chi connectivity index (χ3v) is 4.49. The number of furan rings is 1. The molecule has 8 heteroatoms. The van der Waals surface area contributed by atoms with Gasteiger partial charge in [-0.15, -0.1) is 6.58 Å². The first-order valence-corrected chi connectivity index (χ1v) is 9.71. The Kier molecular flexibility index (Phi) is 6.97. The molecule has 2 N–H and O–H groups in total. The fourth-order valence-electron chi connectivity index (χ4n) is 2.79. The van der Waals surface area contributed by atoms with E-state index in [1.807, 2.05) is 6.92 Å². The molecule has 1 aromatic heterocycles. The minimum absolute atomic E-state index is 0.00187. The quantitative estimate of drug-likeness (QED) is 0.240. The van der Waals surface area contributed by atoms with Gasteiger partial charge in [0.1, 0.15) is 17.2 Å². The number of nitrogens with zero attached hydrogens (tertiary/aromatic N) is 1. The first-order valence-electron chi connectivity index (χ1n) is 9.71. The van der Waals surface area contributed by atoms with E-state index in [1.54, 1.807) is 48.5 Å². The SMILES string of the molecule is C=CCNC(=O)C(=Cc1ccc(-c2ccc([N+](=O)[O-])cc2)o1)NC(=O)c1ccc(C)cc1. The van der Waals surface area contributed by atoms with Gasteiger partial charge in [-0.2, -0.15) is 0 Å². The molecule has 0 aliphatic carbocycles. The van der Waals surface area contributed by atoms with Gasteiger partial charge in [0.25, 0.3) is 17.5 Å². The Morgan fingerprint density at radius 3 is 2.38 bits per heavy atom. The minimum atomic E-state index is -0.501. The summed E-state index contributed by atoms with van der Waals surface area (Å²) >= 11 is 0. The summed E-state index contributed by atoms with van der Waals surface area (Å²) in [5.74, 6) is -0.154. The number of carbonyl (C=O) groups is 2. The molecule has 0 aliphatic heterocycles. The molecule has 8 nitrogen and oxygen atoms in total. The number of aryl methyl sites for hydroxylation is 1. The summed E-state index contributed by atoms with van der Waals surface area (Å²) in [4.78, 5) is 35.5. The molecule has 32 heavy (non-hydrogen) atoms. The number of nitro groups is 1. The molecule has 0 bridgehead atoms. The van der Waals surface area contributed by atoms with Crippen molar-refractivity contribution in [3.05, 3.63) is 106 Å². The van der Waals surface area contributed by atoms with E-state index in [4.69, 9.17) is 4.42 Å². The number of non-ortho nitro benzene ring substituents is 1. The molecule has 0 aliphatic rings. The van der Waals surface area contributed by atoms with Gasteiger partial charge in [0.15, 0.2) is 0 Å². The number of hydrogen-bond acceptors (Lipinski definition) is 5. The molecule has 0 unspecified atom stereocenters. The van der Waals surface area contributed by atoms with Gasteiger partial charge in [0.2, 0.25) is 0 Å². The van der Waals surface area contributed by atoms with E-state index >= 15 is 0 Å². The smallest absolute Gasteiger partial charge is 0.269 e. The Balaban J connectivity index is 1.85. The molecular weight excluding hydrogens is 410 g/mol. The zero-order valence-electron chi connectivity index (χ0n) is 17.3. The first-order chi connectivity index (χ1) is 15.4. The molecular formula is C24H21N3O5. The topological polar surface area (TPSA) is 114 Å². The maximum Gasteiger partial charge on any atom is 0.269 e. The van der Waals surface area contributed by atoms with Crippen molar-refractivity contribution < 1.29 is 18.9 Å². The monoisotopic (exact) mass is 431 g/mol. The number of hydrogen-bond donors (Lipinski definition) is 2. The van der Waals surface area contributed by atoms with Gasteiger partial charge in [-0.25, -0.2) is 0 Å². The lowest BCUT2D eigenvalue weighted by molar-refractivity contribution is -0.384. The summed E-state index contributed by atoms with van der Waals surface area (Å²) in [5, 5.41) is 16.1. The van der Waals surface area contributed by atoms with E-state index in [0.717, 1.165) is 5.56 Å². The summed E-state index contributed by atoms with van der Waals surface area (Å²) in [5.41, 5.74) is 2.03. The van der Waals surface area contributed by atoms with Crippen molar-refractivity contribution in [1.82, 2.24) is 10.6 Å². The van der Waals surface area contributed by atoms with Crippen molar-refractivity contribution in [2.45, 2.75) is 6.92 Å². The normalized spacial score (nSPS) is 11.0. The number of benzene rings is 2. The van der Waals surface area contributed by atoms with Crippen LogP contribution in [-0.2, 0) is 4.79 Å². The van der Waals surface area contributed by atoms with Crippen LogP contribution in [0.15, 0.2) is 83.4 Å². The van der Waals surface area contributed by atoms with Crippen LogP contribution in [0.25, 0.3) is 17.4 Å². The Morgan fingerprint density at radius 1 is 1.06 bits per heavy atom. The van der Waals surface area contributed by atoms with Crippen LogP contribution in [0, 0.1) is 17.0 Å². The largest absolute Gasteiger partial charge is 0.457 e. The average Bonchev–Trinajstić information content (AvgIpc) is 3.26. The van der Waals surface area contributed by atoms with Gasteiger partial charge in [-0.3, -0.25) is 19.7 Å². The lowest BCUT2D eigenvalue weighted by Crippen LogP contribution is -2.34. The molecule has 0 spiro atoms. The molecule has 0 saturated heterocycles. The van der Waals surface area contributed by atoms with Gasteiger partial charge in [-0.05, 0) is 43.3 Å². The highest BCUT2D eigenvalue weighted by atomic mass is 16.6. The summed E-state index contributed by atoms with van der Waals surface area (Å²) in [6.45, 7) is 5.70. The Bertz CT molecular complexity index is 1180. The predicted octanol–water partition coefficient (Wildman–Crippen LogP) is 4.24. The van der Waals surface area contributed by atoms with E-state index in [9.17, 15) is 19.7 Å². The molecule has 1 heterocycles. The summed E-state index contributed by atoms with van der Waals surface area (Å²) in [6.07, 6.45) is 2.94. The molecule has 2 amide bonds. The average molecular weight is 431 g/mol. The van der Waals surface area contributed by atoms with Crippen molar-refractivity contribution in [2.75, 3.05) is 6.54 Å². The highest BCUT2D eigenvalue weighted by molar-refractivity contribution is 6.05. The summed E-state index contributed by atoms with van der Waals surface area (Å²) < 4.78 is 5.76. The van der Waals surface area contributed by atoms with E-state index < -0.39 is 16.7 Å². The predicted molar refractivity (Wildman–Crippen MR) is 121 cm³/mol. The minimum Gasteiger partial charge on any atom is -0.457 e. The number of nitro benzene ring substituents is 1. The van der Waals surface area contributed by atoms with Gasteiger partial charge >= 0.3 is 0 Å². The fourth-order valence-corrected chi connectivity index (χ4v) is 2.79. The molecule has 0 fully saturated rings. The zero-order chi connectivity index (χ0) is 23.1. The first kappa shape index (κ1) is 22.2. The maximum atomic E-state index is 12.6. The number of carbonyl (C=O) groups excluding carboxylic acids is 2. The van der Waals surface area contributed by atoms with Crippen LogP contribution < -0.4 is 10.6 Å². The van der Waals surface area contributed by atoms with Crippen molar-refractivity contribution in [1.29, 1.82) is 0 Å². The molecule has 2 aromatic carbocycles. The lowest BCUT2D eigenvalue weighted by atomic mass is 10.1. The highest BCUT2D eigenvalue weighted by Crippen LogP contribution is 2.25. The third-order valence-electron chi connectivity index (χ3n) is 4.49. The van der Waals surface area contributed by atoms with Crippen molar-refractivity contribution >= 4 is 23.6 Å². The third kappa shape index (κ3) is 5.57. The van der Waals surface area contributed by atoms with Crippen LogP contribution in [-0.4, -0.2) is 23.3 Å². The van der Waals surface area contributed by atoms with Crippen LogP contribution in [0.2, 0.25) is 0 Å². The van der Waals surface area contributed by atoms with E-state index in [1.165, 1.54) is 24.3 Å². The number of amides is 2. The van der Waals surface area contributed by atoms with Crippen LogP contribution >= 0.6 is 0 Å². The second kappa shape index (κ2) is 10.0. The Morgan fingerprint density at radius 2 is 1.75 bits per heavy atom. The Hall–Kier alpha value is -4.46. The van der Waals surface area contributed by atoms with Crippen LogP contribution in [0.4, 0.5) is 5.69 Å². The van der Waals surface area contributed by atoms with Gasteiger partial charge in [0, 0.05) is 35.9 Å². The number of rotatable bonds is 8. The maximum absolute atomic E-state index is 12.6. The molecule has 0 radical (unpaired) electrons. The van der Waals surface area contributed by atoms with E-state index in [-0.39, 0.29) is 17.9 Å². The summed E-state index contributed by atoms with van der Waals surface area (Å²) in [6, 6.07) is 16.2. The van der Waals surface area contributed by atoms with Gasteiger partial charge in [-0.1, -0.05) is 23.8 Å². The van der Waals surface area contributed by atoms with Gasteiger partial charge < -0.3 is 15.1 Å². The molecule has 162 valence electrons. The second-order valence-corrected chi connectivity index (χ2v) is 6.88. The van der Waals surface area contributed by atoms with Crippen LogP contribution in [0.3, 0.4) is 0 Å². The molecule has 0 saturated carbocycles. The molecule has 3 rings (SSSR count). The summed E-state index contributed by atoms with van der Waals surface area (Å²) in [7, 11) is 0. The molecule has 0 atom stereocenters. The van der Waals surface area contributed by atoms with E-state index in [0.29, 0.717) is 22.6 Å². The number of nitrogens with one attached hydrogen (secondary N) is 2. The van der Waals surface area contributed by atoms with Crippen LogP contribution in [0.5, 0.6) is 0 Å². The van der Waals surface area contributed by atoms with Crippen LogP contribution in [0.1, 0.15) is 21.7 Å². The van der Waals surface area contributed by atoms with Crippen molar-refractivity contribution in [3.63, 3.8) is 0 Å². The van der Waals surface area contributed by atoms with Crippen molar-refractivity contribution in [3.8, 4) is 11.3 Å². The second-order valence-electron chi connectivity index (χ2n) is 6.88. The lowest BCUT2D eigenvalue weighted by Gasteiger charge is -2.10. The van der Waals surface area contributed by atoms with Gasteiger partial charge in [0.05, 0.1) is 4.92 Å². The molecule has 3 aromatic rings.